The predicted octanol–water partition coefficient (Wildman–Crippen LogP) is 1.68. The topological polar surface area (TPSA) is 65.5 Å². The number of hydrogen-bond donors (Lipinski definition) is 1. The number of nitrogens with one attached hydrogen (secondary N) is 1. The third kappa shape index (κ3) is 4.59. The fourth-order valence-electron chi connectivity index (χ4n) is 3.11. The molecule has 1 aliphatic heterocycles. The number of carbonyl (C=O) groups excluding carboxylic acids is 2. The molecular weight excluding hydrogens is 328 g/mol. The molecule has 26 heavy (non-hydrogen) atoms. The molecule has 6 nitrogen and oxygen atoms in total. The summed E-state index contributed by atoms with van der Waals surface area (Å²) >= 11 is 0. The number of likely N-dealkylation sites (N-methyl/N-ethyl adjacent to an activating group) is 1. The van der Waals surface area contributed by atoms with E-state index in [4.69, 9.17) is 0 Å². The Bertz CT molecular complexity index is 736. The average molecular weight is 352 g/mol. The normalized spacial score (nSPS) is 16.6. The first kappa shape index (κ1) is 17.9. The van der Waals surface area contributed by atoms with Gasteiger partial charge in [0.25, 0.3) is 0 Å². The van der Waals surface area contributed by atoms with Gasteiger partial charge < -0.3 is 15.1 Å². The van der Waals surface area contributed by atoms with Crippen molar-refractivity contribution in [2.24, 2.45) is 5.92 Å². The molecule has 1 aromatic carbocycles. The van der Waals surface area contributed by atoms with E-state index in [1.54, 1.807) is 17.3 Å². The second-order valence-corrected chi connectivity index (χ2v) is 6.58. The molecule has 2 amide bonds. The maximum Gasteiger partial charge on any atom is 0.225 e. The number of likely N-dealkylation sites (tertiary alicyclic amines) is 1. The Kier molecular flexibility index (Phi) is 5.84. The summed E-state index contributed by atoms with van der Waals surface area (Å²) in [4.78, 5) is 32.4. The van der Waals surface area contributed by atoms with Crippen LogP contribution in [-0.4, -0.2) is 48.4 Å². The Morgan fingerprint density at radius 1 is 1.23 bits per heavy atom. The molecule has 0 spiro atoms. The first-order chi connectivity index (χ1) is 12.6. The smallest absolute Gasteiger partial charge is 0.225 e. The minimum atomic E-state index is -0.272. The van der Waals surface area contributed by atoms with Crippen LogP contribution in [0.5, 0.6) is 0 Å². The Morgan fingerprint density at radius 3 is 2.69 bits per heavy atom. The van der Waals surface area contributed by atoms with Crippen molar-refractivity contribution in [2.75, 3.05) is 31.6 Å². The third-order valence-electron chi connectivity index (χ3n) is 4.65. The standard InChI is InChI=1S/C20H24N4O2/c1-23(18-5-3-2-4-6-18)12-11-22-20(26)17-13-19(25)24(15-17)14-16-7-9-21-10-8-16/h2-10,17H,11-15H2,1H3,(H,22,26)/t17-/m1/s1. The van der Waals surface area contributed by atoms with E-state index in [-0.39, 0.29) is 24.2 Å². The van der Waals surface area contributed by atoms with E-state index in [1.807, 2.05) is 49.5 Å². The molecular formula is C20H24N4O2. The number of benzene rings is 1. The van der Waals surface area contributed by atoms with Gasteiger partial charge in [-0.05, 0) is 29.8 Å². The number of aromatic nitrogens is 1. The first-order valence-corrected chi connectivity index (χ1v) is 8.84. The van der Waals surface area contributed by atoms with E-state index < -0.39 is 0 Å². The summed E-state index contributed by atoms with van der Waals surface area (Å²) in [7, 11) is 2.00. The number of carbonyl (C=O) groups is 2. The van der Waals surface area contributed by atoms with Gasteiger partial charge in [-0.15, -0.1) is 0 Å². The molecule has 1 saturated heterocycles. The van der Waals surface area contributed by atoms with Crippen LogP contribution >= 0.6 is 0 Å². The third-order valence-corrected chi connectivity index (χ3v) is 4.65. The molecule has 1 N–H and O–H groups in total. The van der Waals surface area contributed by atoms with E-state index in [1.165, 1.54) is 0 Å². The lowest BCUT2D eigenvalue weighted by atomic mass is 10.1. The molecule has 2 aromatic rings. The van der Waals surface area contributed by atoms with Gasteiger partial charge in [0.1, 0.15) is 0 Å². The van der Waals surface area contributed by atoms with Gasteiger partial charge in [-0.3, -0.25) is 14.6 Å². The van der Waals surface area contributed by atoms with Crippen molar-refractivity contribution < 1.29 is 9.59 Å². The van der Waals surface area contributed by atoms with Gasteiger partial charge in [-0.1, -0.05) is 18.2 Å². The van der Waals surface area contributed by atoms with Crippen LogP contribution in [0, 0.1) is 5.92 Å². The molecule has 0 aliphatic carbocycles. The highest BCUT2D eigenvalue weighted by Gasteiger charge is 2.34. The lowest BCUT2D eigenvalue weighted by Gasteiger charge is -2.20. The number of hydrogen-bond acceptors (Lipinski definition) is 4. The van der Waals surface area contributed by atoms with Gasteiger partial charge in [0.05, 0.1) is 5.92 Å². The lowest BCUT2D eigenvalue weighted by Crippen LogP contribution is -2.37. The fourth-order valence-corrected chi connectivity index (χ4v) is 3.11. The van der Waals surface area contributed by atoms with Gasteiger partial charge in [-0.25, -0.2) is 0 Å². The van der Waals surface area contributed by atoms with Gasteiger partial charge in [0.15, 0.2) is 0 Å². The van der Waals surface area contributed by atoms with E-state index >= 15 is 0 Å². The summed E-state index contributed by atoms with van der Waals surface area (Å²) in [5.74, 6) is -0.285. The quantitative estimate of drug-likeness (QED) is 0.823. The van der Waals surface area contributed by atoms with Crippen molar-refractivity contribution in [3.05, 3.63) is 60.4 Å². The molecule has 136 valence electrons. The molecule has 1 atom stereocenters. The van der Waals surface area contributed by atoms with Crippen molar-refractivity contribution in [3.63, 3.8) is 0 Å². The van der Waals surface area contributed by atoms with Gasteiger partial charge in [0.2, 0.25) is 11.8 Å². The molecule has 0 radical (unpaired) electrons. The number of para-hydroxylation sites is 1. The van der Waals surface area contributed by atoms with E-state index in [2.05, 4.69) is 15.2 Å². The van der Waals surface area contributed by atoms with Gasteiger partial charge >= 0.3 is 0 Å². The minimum Gasteiger partial charge on any atom is -0.373 e. The van der Waals surface area contributed by atoms with Crippen LogP contribution in [0.1, 0.15) is 12.0 Å². The molecule has 3 rings (SSSR count). The molecule has 1 fully saturated rings. The molecule has 0 saturated carbocycles. The largest absolute Gasteiger partial charge is 0.373 e. The summed E-state index contributed by atoms with van der Waals surface area (Å²) in [6.45, 7) is 2.28. The van der Waals surface area contributed by atoms with Crippen LogP contribution < -0.4 is 10.2 Å². The highest BCUT2D eigenvalue weighted by atomic mass is 16.2. The van der Waals surface area contributed by atoms with Crippen molar-refractivity contribution in [3.8, 4) is 0 Å². The molecule has 1 aromatic heterocycles. The average Bonchev–Trinajstić information content (AvgIpc) is 3.04. The highest BCUT2D eigenvalue weighted by molar-refractivity contribution is 5.89. The summed E-state index contributed by atoms with van der Waals surface area (Å²) < 4.78 is 0. The number of rotatable bonds is 7. The zero-order chi connectivity index (χ0) is 18.4. The maximum atomic E-state index is 12.4. The molecule has 6 heteroatoms. The van der Waals surface area contributed by atoms with Crippen molar-refractivity contribution in [1.29, 1.82) is 0 Å². The summed E-state index contributed by atoms with van der Waals surface area (Å²) in [6, 6.07) is 13.8. The van der Waals surface area contributed by atoms with E-state index in [9.17, 15) is 9.59 Å². The van der Waals surface area contributed by atoms with Crippen molar-refractivity contribution in [2.45, 2.75) is 13.0 Å². The van der Waals surface area contributed by atoms with Crippen LogP contribution in [-0.2, 0) is 16.1 Å². The van der Waals surface area contributed by atoms with Crippen molar-refractivity contribution in [1.82, 2.24) is 15.2 Å². The number of amides is 2. The Labute approximate surface area is 153 Å². The maximum absolute atomic E-state index is 12.4. The summed E-state index contributed by atoms with van der Waals surface area (Å²) in [5.41, 5.74) is 2.14. The van der Waals surface area contributed by atoms with Crippen LogP contribution in [0.15, 0.2) is 54.9 Å². The molecule has 0 bridgehead atoms. The summed E-state index contributed by atoms with van der Waals surface area (Å²) in [6.07, 6.45) is 3.71. The second-order valence-electron chi connectivity index (χ2n) is 6.58. The first-order valence-electron chi connectivity index (χ1n) is 8.84. The second kappa shape index (κ2) is 8.47. The van der Waals surface area contributed by atoms with Gasteiger partial charge in [0, 0.05) is 57.7 Å². The monoisotopic (exact) mass is 352 g/mol. The van der Waals surface area contributed by atoms with E-state index in [0.717, 1.165) is 17.8 Å². The zero-order valence-corrected chi connectivity index (χ0v) is 15.0. The molecule has 1 aliphatic rings. The Hall–Kier alpha value is -2.89. The van der Waals surface area contributed by atoms with Crippen LogP contribution in [0.2, 0.25) is 0 Å². The molecule has 2 heterocycles. The zero-order valence-electron chi connectivity index (χ0n) is 15.0. The lowest BCUT2D eigenvalue weighted by molar-refractivity contribution is -0.129. The number of pyridine rings is 1. The Morgan fingerprint density at radius 2 is 1.96 bits per heavy atom. The Balaban J connectivity index is 1.44. The minimum absolute atomic E-state index is 0.0309. The summed E-state index contributed by atoms with van der Waals surface area (Å²) in [5, 5.41) is 2.96. The van der Waals surface area contributed by atoms with Crippen LogP contribution in [0.4, 0.5) is 5.69 Å². The van der Waals surface area contributed by atoms with Gasteiger partial charge in [-0.2, -0.15) is 0 Å². The predicted molar refractivity (Wildman–Crippen MR) is 100 cm³/mol. The molecule has 0 unspecified atom stereocenters. The van der Waals surface area contributed by atoms with Crippen LogP contribution in [0.3, 0.4) is 0 Å². The van der Waals surface area contributed by atoms with Crippen molar-refractivity contribution >= 4 is 17.5 Å². The highest BCUT2D eigenvalue weighted by Crippen LogP contribution is 2.20. The number of nitrogens with zero attached hydrogens (tertiary/aromatic N) is 3. The van der Waals surface area contributed by atoms with E-state index in [0.29, 0.717) is 19.6 Å². The van der Waals surface area contributed by atoms with Crippen LogP contribution in [0.25, 0.3) is 0 Å². The number of anilines is 1. The SMILES string of the molecule is CN(CCNC(=O)[C@@H]1CC(=O)N(Cc2ccncc2)C1)c1ccccc1. The fraction of sp³-hybridized carbons (Fsp3) is 0.350.